The third kappa shape index (κ3) is 6.65. The van der Waals surface area contributed by atoms with E-state index in [-0.39, 0.29) is 18.3 Å². The molecule has 0 spiro atoms. The molecule has 0 bridgehead atoms. The van der Waals surface area contributed by atoms with E-state index < -0.39 is 12.1 Å². The molecule has 2 heterocycles. The quantitative estimate of drug-likeness (QED) is 0.370. The number of methoxy groups -OCH3 is 1. The number of ether oxygens (including phenoxy) is 1. The molecule has 35 heavy (non-hydrogen) atoms. The third-order valence-corrected chi connectivity index (χ3v) is 8.63. The summed E-state index contributed by atoms with van der Waals surface area (Å²) in [4.78, 5) is 18.6. The lowest BCUT2D eigenvalue weighted by atomic mass is 9.71. The van der Waals surface area contributed by atoms with Crippen molar-refractivity contribution in [1.82, 2.24) is 9.88 Å². The van der Waals surface area contributed by atoms with E-state index in [4.69, 9.17) is 16.3 Å². The number of carbonyl (C=O) groups is 1. The van der Waals surface area contributed by atoms with Gasteiger partial charge in [-0.15, -0.1) is 0 Å². The molecule has 1 aliphatic carbocycles. The molecule has 1 aliphatic heterocycles. The number of fused-ring (bicyclic) bond motifs is 1. The summed E-state index contributed by atoms with van der Waals surface area (Å²) in [7, 11) is 1.57. The van der Waals surface area contributed by atoms with Crippen molar-refractivity contribution in [3.63, 3.8) is 0 Å². The number of hydrogen-bond acceptors (Lipinski definition) is 4. The van der Waals surface area contributed by atoms with Crippen LogP contribution in [0.25, 0.3) is 10.9 Å². The second-order valence-electron chi connectivity index (χ2n) is 10.6. The number of likely N-dealkylation sites (tertiary alicyclic amines) is 1. The first-order valence-electron chi connectivity index (χ1n) is 13.1. The fourth-order valence-corrected chi connectivity index (χ4v) is 6.39. The molecule has 7 heteroatoms. The maximum absolute atomic E-state index is 15.7. The highest BCUT2D eigenvalue weighted by Crippen LogP contribution is 2.44. The molecule has 0 unspecified atom stereocenters. The largest absolute Gasteiger partial charge is 0.497 e. The summed E-state index contributed by atoms with van der Waals surface area (Å²) in [5.74, 6) is 0.673. The highest BCUT2D eigenvalue weighted by molar-refractivity contribution is 6.32. The minimum Gasteiger partial charge on any atom is -0.497 e. The first-order valence-corrected chi connectivity index (χ1v) is 13.5. The molecule has 1 N–H and O–H groups in total. The van der Waals surface area contributed by atoms with Crippen LogP contribution in [0, 0.1) is 11.3 Å². The number of pyridine rings is 1. The molecule has 1 aromatic carbocycles. The maximum atomic E-state index is 15.7. The number of benzene rings is 1. The predicted octanol–water partition coefficient (Wildman–Crippen LogP) is 7.21. The van der Waals surface area contributed by atoms with Gasteiger partial charge in [0.2, 0.25) is 0 Å². The van der Waals surface area contributed by atoms with E-state index in [0.717, 1.165) is 38.4 Å². The Morgan fingerprint density at radius 3 is 2.71 bits per heavy atom. The van der Waals surface area contributed by atoms with Crippen LogP contribution in [0.4, 0.5) is 4.39 Å². The van der Waals surface area contributed by atoms with Gasteiger partial charge >= 0.3 is 5.97 Å². The Balaban J connectivity index is 1.40. The van der Waals surface area contributed by atoms with Crippen molar-refractivity contribution in [2.75, 3.05) is 26.7 Å². The fourth-order valence-electron chi connectivity index (χ4n) is 6.12. The molecule has 192 valence electrons. The summed E-state index contributed by atoms with van der Waals surface area (Å²) < 4.78 is 21.0. The summed E-state index contributed by atoms with van der Waals surface area (Å²) in [6.45, 7) is 2.89. The van der Waals surface area contributed by atoms with E-state index in [1.807, 2.05) is 0 Å². The normalized spacial score (nSPS) is 20.1. The van der Waals surface area contributed by atoms with Crippen LogP contribution in [-0.4, -0.2) is 47.7 Å². The molecule has 0 amide bonds. The Labute approximate surface area is 213 Å². The zero-order valence-electron chi connectivity index (χ0n) is 20.8. The van der Waals surface area contributed by atoms with Crippen LogP contribution in [0.15, 0.2) is 24.4 Å². The molecule has 2 aliphatic rings. The van der Waals surface area contributed by atoms with Crippen LogP contribution < -0.4 is 4.74 Å². The lowest BCUT2D eigenvalue weighted by molar-refractivity contribution is -0.141. The first-order chi connectivity index (χ1) is 16.9. The zero-order valence-corrected chi connectivity index (χ0v) is 21.5. The number of rotatable bonds is 10. The van der Waals surface area contributed by atoms with Crippen molar-refractivity contribution in [3.8, 4) is 5.75 Å². The number of aromatic nitrogens is 1. The molecule has 2 fully saturated rings. The SMILES string of the molecule is COc1ccc2ncc(Cl)c([C@@H](F)CCC3(CC(=O)O)CCN(CCC4CCCCC4)CC3)c2c1. The van der Waals surface area contributed by atoms with Crippen molar-refractivity contribution in [3.05, 3.63) is 35.0 Å². The second-order valence-corrected chi connectivity index (χ2v) is 11.0. The minimum absolute atomic E-state index is 0.0921. The van der Waals surface area contributed by atoms with Gasteiger partial charge in [-0.05, 0) is 81.3 Å². The number of carboxylic acid groups (broad SMARTS) is 1. The van der Waals surface area contributed by atoms with Crippen LogP contribution in [0.1, 0.15) is 82.4 Å². The molecular formula is C28H38ClFN2O3. The molecule has 1 saturated heterocycles. The number of aliphatic carboxylic acids is 1. The first kappa shape index (κ1) is 26.2. The predicted molar refractivity (Wildman–Crippen MR) is 138 cm³/mol. The smallest absolute Gasteiger partial charge is 0.303 e. The van der Waals surface area contributed by atoms with Crippen molar-refractivity contribution < 1.29 is 19.0 Å². The lowest BCUT2D eigenvalue weighted by Crippen LogP contribution is -2.42. The number of nitrogens with zero attached hydrogens (tertiary/aromatic N) is 2. The molecule has 1 aromatic heterocycles. The summed E-state index contributed by atoms with van der Waals surface area (Å²) >= 11 is 6.41. The number of hydrogen-bond donors (Lipinski definition) is 1. The Kier molecular flexibility index (Phi) is 8.87. The van der Waals surface area contributed by atoms with Crippen LogP contribution in [-0.2, 0) is 4.79 Å². The number of carboxylic acids is 1. The van der Waals surface area contributed by atoms with Gasteiger partial charge in [-0.3, -0.25) is 9.78 Å². The highest BCUT2D eigenvalue weighted by atomic mass is 35.5. The van der Waals surface area contributed by atoms with Gasteiger partial charge in [0.15, 0.2) is 0 Å². The van der Waals surface area contributed by atoms with E-state index in [1.165, 1.54) is 44.7 Å². The van der Waals surface area contributed by atoms with Gasteiger partial charge in [-0.2, -0.15) is 0 Å². The van der Waals surface area contributed by atoms with Gasteiger partial charge in [-0.25, -0.2) is 4.39 Å². The molecule has 2 aromatic rings. The third-order valence-electron chi connectivity index (χ3n) is 8.33. The summed E-state index contributed by atoms with van der Waals surface area (Å²) in [5, 5.41) is 10.6. The van der Waals surface area contributed by atoms with E-state index >= 15 is 4.39 Å². The number of halogens is 2. The van der Waals surface area contributed by atoms with Crippen molar-refractivity contribution >= 4 is 28.5 Å². The Morgan fingerprint density at radius 2 is 2.03 bits per heavy atom. The van der Waals surface area contributed by atoms with Crippen LogP contribution in [0.3, 0.4) is 0 Å². The number of piperidine rings is 1. The van der Waals surface area contributed by atoms with Gasteiger partial charge in [0.05, 0.1) is 24.1 Å². The lowest BCUT2D eigenvalue weighted by Gasteiger charge is -2.42. The second kappa shape index (κ2) is 11.9. The Morgan fingerprint density at radius 1 is 1.29 bits per heavy atom. The molecular weight excluding hydrogens is 467 g/mol. The van der Waals surface area contributed by atoms with Crippen molar-refractivity contribution in [2.45, 2.75) is 76.8 Å². The van der Waals surface area contributed by atoms with Crippen molar-refractivity contribution in [2.24, 2.45) is 11.3 Å². The van der Waals surface area contributed by atoms with Gasteiger partial charge < -0.3 is 14.7 Å². The average molecular weight is 505 g/mol. The van der Waals surface area contributed by atoms with Crippen molar-refractivity contribution in [1.29, 1.82) is 0 Å². The topological polar surface area (TPSA) is 62.7 Å². The average Bonchev–Trinajstić information content (AvgIpc) is 2.87. The van der Waals surface area contributed by atoms with Gasteiger partial charge in [-0.1, -0.05) is 43.7 Å². The zero-order chi connectivity index (χ0) is 24.8. The fraction of sp³-hybridized carbons (Fsp3) is 0.643. The van der Waals surface area contributed by atoms with Crippen LogP contribution >= 0.6 is 11.6 Å². The van der Waals surface area contributed by atoms with E-state index in [1.54, 1.807) is 25.3 Å². The van der Waals surface area contributed by atoms with Crippen LogP contribution in [0.2, 0.25) is 5.02 Å². The maximum Gasteiger partial charge on any atom is 0.303 e. The molecule has 1 atom stereocenters. The summed E-state index contributed by atoms with van der Waals surface area (Å²) in [6.07, 6.45) is 10.7. The van der Waals surface area contributed by atoms with Gasteiger partial charge in [0.1, 0.15) is 11.9 Å². The van der Waals surface area contributed by atoms with Crippen LogP contribution in [0.5, 0.6) is 5.75 Å². The summed E-state index contributed by atoms with van der Waals surface area (Å²) in [6, 6.07) is 5.37. The standard InChI is InChI=1S/C28H38ClFN2O3/c1-35-21-7-8-25-22(17-21)27(23(29)19-31-25)24(30)9-11-28(18-26(33)34)12-15-32(16-13-28)14-10-20-5-3-2-4-6-20/h7-8,17,19-20,24H,2-6,9-16,18H2,1H3,(H,33,34)/t24-/m0/s1. The van der Waals surface area contributed by atoms with Gasteiger partial charge in [0, 0.05) is 17.1 Å². The van der Waals surface area contributed by atoms with Gasteiger partial charge in [0.25, 0.3) is 0 Å². The van der Waals surface area contributed by atoms with E-state index in [9.17, 15) is 9.90 Å². The Bertz CT molecular complexity index is 1000. The monoisotopic (exact) mass is 504 g/mol. The van der Waals surface area contributed by atoms with E-state index in [2.05, 4.69) is 9.88 Å². The minimum atomic E-state index is -1.30. The highest BCUT2D eigenvalue weighted by Gasteiger charge is 2.37. The summed E-state index contributed by atoms with van der Waals surface area (Å²) in [5.41, 5.74) is 0.718. The molecule has 1 saturated carbocycles. The molecule has 0 radical (unpaired) electrons. The molecule has 4 rings (SSSR count). The van der Waals surface area contributed by atoms with E-state index in [0.29, 0.717) is 33.7 Å². The molecule has 5 nitrogen and oxygen atoms in total. The number of alkyl halides is 1. The Hall–Kier alpha value is -1.92.